The van der Waals surface area contributed by atoms with Crippen LogP contribution in [0.2, 0.25) is 5.02 Å². The van der Waals surface area contributed by atoms with Gasteiger partial charge in [-0.1, -0.05) is 47.7 Å². The van der Waals surface area contributed by atoms with Crippen molar-refractivity contribution in [3.63, 3.8) is 0 Å². The van der Waals surface area contributed by atoms with Crippen LogP contribution in [0.1, 0.15) is 21.5 Å². The fraction of sp³-hybridized carbons (Fsp3) is 0.118. The topological polar surface area (TPSA) is 55.1 Å². The van der Waals surface area contributed by atoms with E-state index >= 15 is 0 Å². The normalized spacial score (nSPS) is 9.62. The maximum Gasteiger partial charge on any atom is 0.253 e. The number of hydrogen-bond acceptors (Lipinski definition) is 2. The van der Waals surface area contributed by atoms with Gasteiger partial charge in [-0.15, -0.1) is 0 Å². The third kappa shape index (κ3) is 4.35. The second-order valence-corrected chi connectivity index (χ2v) is 4.77. The van der Waals surface area contributed by atoms with Crippen LogP contribution >= 0.6 is 11.6 Å². The fourth-order valence-electron chi connectivity index (χ4n) is 1.78. The molecule has 1 amide bonds. The second-order valence-electron chi connectivity index (χ2n) is 4.37. The summed E-state index contributed by atoms with van der Waals surface area (Å²) < 4.78 is 0. The Hall–Kier alpha value is -2.28. The predicted molar refractivity (Wildman–Crippen MR) is 85.0 cm³/mol. The van der Waals surface area contributed by atoms with E-state index < -0.39 is 0 Å². The predicted octanol–water partition coefficient (Wildman–Crippen LogP) is 2.58. The summed E-state index contributed by atoms with van der Waals surface area (Å²) in [7, 11) is 0. The minimum Gasteiger partial charge on any atom is -0.348 e. The molecule has 4 heteroatoms. The van der Waals surface area contributed by atoms with E-state index in [-0.39, 0.29) is 5.91 Å². The van der Waals surface area contributed by atoms with E-state index in [4.69, 9.17) is 17.3 Å². The van der Waals surface area contributed by atoms with E-state index in [1.165, 1.54) is 0 Å². The van der Waals surface area contributed by atoms with Gasteiger partial charge in [0, 0.05) is 12.1 Å². The van der Waals surface area contributed by atoms with E-state index in [2.05, 4.69) is 17.2 Å². The number of amides is 1. The Bertz CT molecular complexity index is 684. The molecular formula is C17H15ClN2O. The zero-order valence-corrected chi connectivity index (χ0v) is 12.2. The first-order chi connectivity index (χ1) is 10.2. The van der Waals surface area contributed by atoms with E-state index in [1.54, 1.807) is 24.3 Å². The molecule has 0 bridgehead atoms. The highest BCUT2D eigenvalue weighted by Crippen LogP contribution is 2.14. The number of carbonyl (C=O) groups is 1. The van der Waals surface area contributed by atoms with E-state index in [0.29, 0.717) is 23.7 Å². The molecule has 0 aliphatic rings. The third-order valence-corrected chi connectivity index (χ3v) is 3.19. The van der Waals surface area contributed by atoms with Crippen molar-refractivity contribution in [3.05, 3.63) is 70.2 Å². The first-order valence-electron chi connectivity index (χ1n) is 6.51. The molecule has 0 radical (unpaired) electrons. The van der Waals surface area contributed by atoms with Crippen LogP contribution in [0, 0.1) is 11.8 Å². The summed E-state index contributed by atoms with van der Waals surface area (Å²) in [6.45, 7) is 0.782. The molecule has 0 atom stereocenters. The van der Waals surface area contributed by atoms with Gasteiger partial charge < -0.3 is 11.1 Å². The lowest BCUT2D eigenvalue weighted by molar-refractivity contribution is 0.0951. The fourth-order valence-corrected chi connectivity index (χ4v) is 2.00. The van der Waals surface area contributed by atoms with Gasteiger partial charge in [-0.25, -0.2) is 0 Å². The molecule has 2 aromatic rings. The molecule has 2 rings (SSSR count). The molecule has 0 spiro atoms. The molecule has 0 aromatic heterocycles. The van der Waals surface area contributed by atoms with Crippen molar-refractivity contribution in [2.75, 3.05) is 6.54 Å². The van der Waals surface area contributed by atoms with Gasteiger partial charge in [-0.3, -0.25) is 4.79 Å². The average Bonchev–Trinajstić information content (AvgIpc) is 2.52. The maximum absolute atomic E-state index is 12.0. The van der Waals surface area contributed by atoms with Crippen molar-refractivity contribution in [2.45, 2.75) is 6.54 Å². The van der Waals surface area contributed by atoms with Gasteiger partial charge in [-0.05, 0) is 29.8 Å². The summed E-state index contributed by atoms with van der Waals surface area (Å²) in [6, 6.07) is 14.6. The molecule has 0 saturated heterocycles. The lowest BCUT2D eigenvalue weighted by Crippen LogP contribution is -2.23. The Kier molecular flexibility index (Phi) is 5.39. The molecule has 2 aromatic carbocycles. The molecule has 0 unspecified atom stereocenters. The minimum atomic E-state index is -0.187. The SMILES string of the molecule is NCC#Cc1ccc(CNC(=O)c2ccccc2Cl)cc1. The molecule has 0 heterocycles. The van der Waals surface area contributed by atoms with Gasteiger partial charge in [0.05, 0.1) is 17.1 Å². The van der Waals surface area contributed by atoms with Gasteiger partial charge in [0.2, 0.25) is 0 Å². The highest BCUT2D eigenvalue weighted by atomic mass is 35.5. The first-order valence-corrected chi connectivity index (χ1v) is 6.89. The summed E-state index contributed by atoms with van der Waals surface area (Å²) in [5.74, 6) is 5.56. The number of halogens is 1. The maximum atomic E-state index is 12.0. The number of carbonyl (C=O) groups excluding carboxylic acids is 1. The summed E-state index contributed by atoms with van der Waals surface area (Å²) in [6.07, 6.45) is 0. The number of rotatable bonds is 3. The largest absolute Gasteiger partial charge is 0.348 e. The molecule has 0 aliphatic carbocycles. The molecule has 106 valence electrons. The van der Waals surface area contributed by atoms with Gasteiger partial charge in [0.25, 0.3) is 5.91 Å². The summed E-state index contributed by atoms with van der Waals surface area (Å²) in [5, 5.41) is 3.29. The Morgan fingerprint density at radius 3 is 2.52 bits per heavy atom. The van der Waals surface area contributed by atoms with Crippen molar-refractivity contribution < 1.29 is 4.79 Å². The van der Waals surface area contributed by atoms with Gasteiger partial charge in [-0.2, -0.15) is 0 Å². The number of hydrogen-bond donors (Lipinski definition) is 2. The van der Waals surface area contributed by atoms with Crippen LogP contribution in [0.5, 0.6) is 0 Å². The summed E-state index contributed by atoms with van der Waals surface area (Å²) in [4.78, 5) is 12.0. The molecule has 3 nitrogen and oxygen atoms in total. The Balaban J connectivity index is 1.97. The van der Waals surface area contributed by atoms with Gasteiger partial charge >= 0.3 is 0 Å². The van der Waals surface area contributed by atoms with Crippen LogP contribution in [-0.4, -0.2) is 12.5 Å². The van der Waals surface area contributed by atoms with Gasteiger partial charge in [0.1, 0.15) is 0 Å². The average molecular weight is 299 g/mol. The van der Waals surface area contributed by atoms with Crippen LogP contribution in [0.15, 0.2) is 48.5 Å². The molecule has 3 N–H and O–H groups in total. The third-order valence-electron chi connectivity index (χ3n) is 2.86. The summed E-state index contributed by atoms with van der Waals surface area (Å²) in [5.41, 5.74) is 7.70. The highest BCUT2D eigenvalue weighted by Gasteiger charge is 2.08. The second kappa shape index (κ2) is 7.49. The van der Waals surface area contributed by atoms with E-state index in [1.807, 2.05) is 24.3 Å². The van der Waals surface area contributed by atoms with Crippen LogP contribution in [-0.2, 0) is 6.54 Å². The quantitative estimate of drug-likeness (QED) is 0.856. The van der Waals surface area contributed by atoms with Crippen LogP contribution in [0.3, 0.4) is 0 Å². The van der Waals surface area contributed by atoms with Crippen LogP contribution < -0.4 is 11.1 Å². The lowest BCUT2D eigenvalue weighted by atomic mass is 10.1. The van der Waals surface area contributed by atoms with E-state index in [9.17, 15) is 4.79 Å². The Morgan fingerprint density at radius 1 is 1.14 bits per heavy atom. The zero-order valence-electron chi connectivity index (χ0n) is 11.4. The number of nitrogens with one attached hydrogen (secondary N) is 1. The molecular weight excluding hydrogens is 284 g/mol. The highest BCUT2D eigenvalue weighted by molar-refractivity contribution is 6.33. The van der Waals surface area contributed by atoms with Crippen molar-refractivity contribution >= 4 is 17.5 Å². The summed E-state index contributed by atoms with van der Waals surface area (Å²) >= 11 is 5.98. The molecule has 0 fully saturated rings. The van der Waals surface area contributed by atoms with Crippen molar-refractivity contribution in [1.82, 2.24) is 5.32 Å². The molecule has 21 heavy (non-hydrogen) atoms. The number of benzene rings is 2. The molecule has 0 aliphatic heterocycles. The van der Waals surface area contributed by atoms with E-state index in [0.717, 1.165) is 11.1 Å². The minimum absolute atomic E-state index is 0.187. The van der Waals surface area contributed by atoms with Crippen LogP contribution in [0.4, 0.5) is 0 Å². The Morgan fingerprint density at radius 2 is 1.86 bits per heavy atom. The molecule has 0 saturated carbocycles. The van der Waals surface area contributed by atoms with Crippen molar-refractivity contribution in [3.8, 4) is 11.8 Å². The zero-order chi connectivity index (χ0) is 15.1. The first kappa shape index (κ1) is 15.1. The standard InChI is InChI=1S/C17H15ClN2O/c18-16-6-2-1-5-15(16)17(21)20-12-14-9-7-13(8-10-14)4-3-11-19/h1-2,5-10H,11-12,19H2,(H,20,21). The smallest absolute Gasteiger partial charge is 0.253 e. The monoisotopic (exact) mass is 298 g/mol. The van der Waals surface area contributed by atoms with Gasteiger partial charge in [0.15, 0.2) is 0 Å². The lowest BCUT2D eigenvalue weighted by Gasteiger charge is -2.06. The number of nitrogens with two attached hydrogens (primary N) is 1. The van der Waals surface area contributed by atoms with Crippen LogP contribution in [0.25, 0.3) is 0 Å². The van der Waals surface area contributed by atoms with Crippen molar-refractivity contribution in [2.24, 2.45) is 5.73 Å². The van der Waals surface area contributed by atoms with Crippen molar-refractivity contribution in [1.29, 1.82) is 0 Å². The Labute approximate surface area is 129 Å².